The van der Waals surface area contributed by atoms with E-state index in [-0.39, 0.29) is 24.8 Å². The number of halogens is 1. The Hall–Kier alpha value is -2.11. The first kappa shape index (κ1) is 15.3. The summed E-state index contributed by atoms with van der Waals surface area (Å²) >= 11 is 0. The van der Waals surface area contributed by atoms with Crippen LogP contribution in [0.2, 0.25) is 0 Å². The summed E-state index contributed by atoms with van der Waals surface area (Å²) in [5.74, 6) is -1.23. The molecule has 0 saturated heterocycles. The lowest BCUT2D eigenvalue weighted by molar-refractivity contribution is -0.138. The van der Waals surface area contributed by atoms with E-state index in [9.17, 15) is 14.0 Å². The molecule has 1 saturated carbocycles. The number of carbonyl (C=O) groups is 2. The molecule has 2 amide bonds. The number of urea groups is 1. The van der Waals surface area contributed by atoms with E-state index in [2.05, 4.69) is 10.6 Å². The number of rotatable bonds is 5. The number of hydrogen-bond acceptors (Lipinski definition) is 2. The summed E-state index contributed by atoms with van der Waals surface area (Å²) in [5, 5.41) is 14.5. The van der Waals surface area contributed by atoms with Crippen molar-refractivity contribution in [1.82, 2.24) is 10.6 Å². The lowest BCUT2D eigenvalue weighted by atomic mass is 9.93. The number of amides is 2. The molecule has 1 aliphatic carbocycles. The first-order chi connectivity index (χ1) is 9.99. The SMILES string of the molecule is O=C(O)CC1(NC(=O)NCc2ccc(F)cc2)CCCC1. The first-order valence-corrected chi connectivity index (χ1v) is 7.01. The summed E-state index contributed by atoms with van der Waals surface area (Å²) < 4.78 is 12.8. The average molecular weight is 294 g/mol. The fourth-order valence-corrected chi connectivity index (χ4v) is 2.76. The second-order valence-electron chi connectivity index (χ2n) is 5.49. The number of carboxylic acid groups (broad SMARTS) is 1. The quantitative estimate of drug-likeness (QED) is 0.780. The van der Waals surface area contributed by atoms with Crippen molar-refractivity contribution in [2.45, 2.75) is 44.2 Å². The van der Waals surface area contributed by atoms with Gasteiger partial charge in [-0.05, 0) is 30.5 Å². The lowest BCUT2D eigenvalue weighted by Gasteiger charge is -2.28. The Morgan fingerprint density at radius 1 is 1.19 bits per heavy atom. The molecule has 114 valence electrons. The molecule has 0 radical (unpaired) electrons. The smallest absolute Gasteiger partial charge is 0.315 e. The van der Waals surface area contributed by atoms with Crippen molar-refractivity contribution in [2.75, 3.05) is 0 Å². The molecule has 0 heterocycles. The fourth-order valence-electron chi connectivity index (χ4n) is 2.76. The molecule has 1 aromatic carbocycles. The molecule has 0 aromatic heterocycles. The lowest BCUT2D eigenvalue weighted by Crippen LogP contribution is -2.51. The number of hydrogen-bond donors (Lipinski definition) is 3. The van der Waals surface area contributed by atoms with E-state index < -0.39 is 11.5 Å². The zero-order valence-electron chi connectivity index (χ0n) is 11.7. The molecule has 5 nitrogen and oxygen atoms in total. The Morgan fingerprint density at radius 2 is 1.81 bits per heavy atom. The highest BCUT2D eigenvalue weighted by atomic mass is 19.1. The summed E-state index contributed by atoms with van der Waals surface area (Å²) in [4.78, 5) is 22.9. The molecule has 0 atom stereocenters. The highest BCUT2D eigenvalue weighted by molar-refractivity contribution is 5.76. The zero-order valence-corrected chi connectivity index (χ0v) is 11.7. The van der Waals surface area contributed by atoms with Gasteiger partial charge in [0.25, 0.3) is 0 Å². The number of nitrogens with one attached hydrogen (secondary N) is 2. The predicted octanol–water partition coefficient (Wildman–Crippen LogP) is 2.41. The largest absolute Gasteiger partial charge is 0.481 e. The predicted molar refractivity (Wildman–Crippen MR) is 75.2 cm³/mol. The Morgan fingerprint density at radius 3 is 2.38 bits per heavy atom. The van der Waals surface area contributed by atoms with E-state index in [1.54, 1.807) is 12.1 Å². The van der Waals surface area contributed by atoms with Gasteiger partial charge in [-0.15, -0.1) is 0 Å². The summed E-state index contributed by atoms with van der Waals surface area (Å²) in [6, 6.07) is 5.47. The van der Waals surface area contributed by atoms with Crippen molar-refractivity contribution in [2.24, 2.45) is 0 Å². The first-order valence-electron chi connectivity index (χ1n) is 7.01. The van der Waals surface area contributed by atoms with Crippen LogP contribution in [0.1, 0.15) is 37.7 Å². The third-order valence-electron chi connectivity index (χ3n) is 3.80. The minimum Gasteiger partial charge on any atom is -0.481 e. The molecule has 0 unspecified atom stereocenters. The van der Waals surface area contributed by atoms with Crippen LogP contribution in [-0.4, -0.2) is 22.6 Å². The molecular weight excluding hydrogens is 275 g/mol. The normalized spacial score (nSPS) is 16.4. The Labute approximate surface area is 122 Å². The Balaban J connectivity index is 1.87. The van der Waals surface area contributed by atoms with Crippen molar-refractivity contribution in [1.29, 1.82) is 0 Å². The molecular formula is C15H19FN2O3. The van der Waals surface area contributed by atoms with Gasteiger partial charge in [0.1, 0.15) is 5.82 Å². The standard InChI is InChI=1S/C15H19FN2O3/c16-12-5-3-11(4-6-12)10-17-14(21)18-15(9-13(19)20)7-1-2-8-15/h3-6H,1-2,7-10H2,(H,19,20)(H2,17,18,21). The van der Waals surface area contributed by atoms with Gasteiger partial charge in [-0.25, -0.2) is 9.18 Å². The van der Waals surface area contributed by atoms with Crippen LogP contribution in [0.15, 0.2) is 24.3 Å². The summed E-state index contributed by atoms with van der Waals surface area (Å²) in [6.45, 7) is 0.273. The van der Waals surface area contributed by atoms with Crippen LogP contribution < -0.4 is 10.6 Å². The van der Waals surface area contributed by atoms with E-state index in [1.165, 1.54) is 12.1 Å². The van der Waals surface area contributed by atoms with Crippen molar-refractivity contribution in [3.63, 3.8) is 0 Å². The second kappa shape index (κ2) is 6.56. The maximum absolute atomic E-state index is 12.8. The molecule has 1 aromatic rings. The number of carbonyl (C=O) groups excluding carboxylic acids is 1. The van der Waals surface area contributed by atoms with Crippen molar-refractivity contribution >= 4 is 12.0 Å². The van der Waals surface area contributed by atoms with E-state index in [1.807, 2.05) is 0 Å². The fraction of sp³-hybridized carbons (Fsp3) is 0.467. The zero-order chi connectivity index (χ0) is 15.3. The molecule has 0 aliphatic heterocycles. The van der Waals surface area contributed by atoms with Crippen LogP contribution in [-0.2, 0) is 11.3 Å². The maximum Gasteiger partial charge on any atom is 0.315 e. The monoisotopic (exact) mass is 294 g/mol. The Kier molecular flexibility index (Phi) is 4.77. The Bertz CT molecular complexity index is 510. The molecule has 21 heavy (non-hydrogen) atoms. The second-order valence-corrected chi connectivity index (χ2v) is 5.49. The third-order valence-corrected chi connectivity index (χ3v) is 3.80. The molecule has 0 spiro atoms. The van der Waals surface area contributed by atoms with Crippen LogP contribution in [0.5, 0.6) is 0 Å². The summed E-state index contributed by atoms with van der Waals surface area (Å²) in [6.07, 6.45) is 3.15. The van der Waals surface area contributed by atoms with Gasteiger partial charge in [0.05, 0.1) is 12.0 Å². The number of benzene rings is 1. The van der Waals surface area contributed by atoms with Gasteiger partial charge in [-0.3, -0.25) is 4.79 Å². The van der Waals surface area contributed by atoms with Gasteiger partial charge >= 0.3 is 12.0 Å². The third kappa shape index (κ3) is 4.44. The van der Waals surface area contributed by atoms with Gasteiger partial charge in [0.15, 0.2) is 0 Å². The van der Waals surface area contributed by atoms with Gasteiger partial charge in [-0.1, -0.05) is 25.0 Å². The van der Waals surface area contributed by atoms with Crippen LogP contribution in [0.4, 0.5) is 9.18 Å². The molecule has 0 bridgehead atoms. The minimum absolute atomic E-state index is 0.0586. The molecule has 6 heteroatoms. The molecule has 3 N–H and O–H groups in total. The molecule has 1 aliphatic rings. The van der Waals surface area contributed by atoms with E-state index in [0.717, 1.165) is 18.4 Å². The highest BCUT2D eigenvalue weighted by Crippen LogP contribution is 2.32. The maximum atomic E-state index is 12.8. The molecule has 1 fully saturated rings. The topological polar surface area (TPSA) is 78.4 Å². The van der Waals surface area contributed by atoms with Crippen LogP contribution in [0.25, 0.3) is 0 Å². The summed E-state index contributed by atoms with van der Waals surface area (Å²) in [7, 11) is 0. The van der Waals surface area contributed by atoms with Crippen molar-refractivity contribution < 1.29 is 19.1 Å². The van der Waals surface area contributed by atoms with Gasteiger partial charge in [0.2, 0.25) is 0 Å². The number of carboxylic acids is 1. The van der Waals surface area contributed by atoms with Gasteiger partial charge < -0.3 is 15.7 Å². The highest BCUT2D eigenvalue weighted by Gasteiger charge is 2.37. The van der Waals surface area contributed by atoms with E-state index >= 15 is 0 Å². The summed E-state index contributed by atoms with van der Waals surface area (Å²) in [5.41, 5.74) is 0.142. The van der Waals surface area contributed by atoms with E-state index in [4.69, 9.17) is 5.11 Å². The van der Waals surface area contributed by atoms with Crippen molar-refractivity contribution in [3.8, 4) is 0 Å². The van der Waals surface area contributed by atoms with Crippen LogP contribution in [0, 0.1) is 5.82 Å². The van der Waals surface area contributed by atoms with Gasteiger partial charge in [0, 0.05) is 6.54 Å². The number of aliphatic carboxylic acids is 1. The molecule has 2 rings (SSSR count). The van der Waals surface area contributed by atoms with E-state index in [0.29, 0.717) is 12.8 Å². The van der Waals surface area contributed by atoms with Crippen molar-refractivity contribution in [3.05, 3.63) is 35.6 Å². The van der Waals surface area contributed by atoms with Crippen LogP contribution >= 0.6 is 0 Å². The van der Waals surface area contributed by atoms with Crippen LogP contribution in [0.3, 0.4) is 0 Å². The van der Waals surface area contributed by atoms with Gasteiger partial charge in [-0.2, -0.15) is 0 Å². The average Bonchev–Trinajstić information content (AvgIpc) is 2.85. The minimum atomic E-state index is -0.907.